The highest BCUT2D eigenvalue weighted by Crippen LogP contribution is 2.33. The first kappa shape index (κ1) is 15.6. The zero-order valence-corrected chi connectivity index (χ0v) is 12.4. The molecule has 1 rings (SSSR count). The highest BCUT2D eigenvalue weighted by atomic mass is 35.5. The number of benzene rings is 1. The molecule has 1 unspecified atom stereocenters. The molecule has 1 atom stereocenters. The van der Waals surface area contributed by atoms with Crippen LogP contribution in [0.25, 0.3) is 0 Å². The monoisotopic (exact) mass is 311 g/mol. The van der Waals surface area contributed by atoms with Gasteiger partial charge >= 0.3 is 0 Å². The number of hydrogen-bond acceptors (Lipinski definition) is 3. The highest BCUT2D eigenvalue weighted by Gasteiger charge is 2.17. The second-order valence-electron chi connectivity index (χ2n) is 3.98. The van der Waals surface area contributed by atoms with E-state index in [2.05, 4.69) is 0 Å². The number of ether oxygens (including phenoxy) is 1. The van der Waals surface area contributed by atoms with Gasteiger partial charge in [0.15, 0.2) is 0 Å². The molecule has 1 aromatic rings. The molecule has 0 radical (unpaired) electrons. The van der Waals surface area contributed by atoms with Crippen molar-refractivity contribution in [2.45, 2.75) is 37.7 Å². The summed E-state index contributed by atoms with van der Waals surface area (Å²) in [5, 5.41) is 5.19. The van der Waals surface area contributed by atoms with Gasteiger partial charge in [-0.3, -0.25) is 0 Å². The maximum absolute atomic E-state index is 11.2. The van der Waals surface area contributed by atoms with Crippen LogP contribution < -0.4 is 9.88 Å². The fourth-order valence-corrected chi connectivity index (χ4v) is 2.86. The number of sulfonamides is 1. The predicted molar refractivity (Wildman–Crippen MR) is 72.8 cm³/mol. The second-order valence-corrected chi connectivity index (χ2v) is 6.32. The topological polar surface area (TPSA) is 69.4 Å². The van der Waals surface area contributed by atoms with Gasteiger partial charge in [0, 0.05) is 6.07 Å². The van der Waals surface area contributed by atoms with Crippen LogP contribution in [0, 0.1) is 0 Å². The first-order valence-corrected chi connectivity index (χ1v) is 7.74. The summed E-state index contributed by atoms with van der Waals surface area (Å²) in [4.78, 5) is -0.204. The van der Waals surface area contributed by atoms with Gasteiger partial charge in [0.2, 0.25) is 10.0 Å². The van der Waals surface area contributed by atoms with Crippen molar-refractivity contribution in [1.82, 2.24) is 0 Å². The van der Waals surface area contributed by atoms with Crippen molar-refractivity contribution in [3.05, 3.63) is 22.2 Å². The third-order valence-electron chi connectivity index (χ3n) is 2.32. The van der Waals surface area contributed by atoms with E-state index in [-0.39, 0.29) is 21.0 Å². The van der Waals surface area contributed by atoms with Gasteiger partial charge in [-0.15, -0.1) is 0 Å². The maximum Gasteiger partial charge on any atom is 0.239 e. The molecule has 0 aliphatic heterocycles. The lowest BCUT2D eigenvalue weighted by molar-refractivity contribution is 0.210. The number of rotatable bonds is 5. The molecular weight excluding hydrogens is 297 g/mol. The minimum atomic E-state index is -3.88. The largest absolute Gasteiger partial charge is 0.489 e. The van der Waals surface area contributed by atoms with E-state index in [1.807, 2.05) is 13.8 Å². The second kappa shape index (κ2) is 6.10. The third-order valence-corrected chi connectivity index (χ3v) is 3.99. The van der Waals surface area contributed by atoms with Crippen molar-refractivity contribution in [2.24, 2.45) is 5.14 Å². The summed E-state index contributed by atoms with van der Waals surface area (Å²) in [6.07, 6.45) is 1.82. The Morgan fingerprint density at radius 3 is 2.44 bits per heavy atom. The summed E-state index contributed by atoms with van der Waals surface area (Å²) in [5.41, 5.74) is 0. The molecule has 0 spiro atoms. The molecule has 0 aromatic heterocycles. The van der Waals surface area contributed by atoms with E-state index in [0.717, 1.165) is 12.8 Å². The Kier molecular flexibility index (Phi) is 5.28. The van der Waals surface area contributed by atoms with Crippen molar-refractivity contribution in [3.8, 4) is 5.75 Å². The average molecular weight is 312 g/mol. The van der Waals surface area contributed by atoms with E-state index >= 15 is 0 Å². The van der Waals surface area contributed by atoms with Gasteiger partial charge < -0.3 is 4.74 Å². The fourth-order valence-electron chi connectivity index (χ4n) is 1.50. The Morgan fingerprint density at radius 1 is 1.33 bits per heavy atom. The van der Waals surface area contributed by atoms with Crippen LogP contribution in [0.15, 0.2) is 17.0 Å². The zero-order chi connectivity index (χ0) is 13.9. The average Bonchev–Trinajstić information content (AvgIpc) is 2.21. The normalized spacial score (nSPS) is 13.4. The Labute approximate surface area is 117 Å². The molecule has 102 valence electrons. The van der Waals surface area contributed by atoms with E-state index < -0.39 is 10.0 Å². The summed E-state index contributed by atoms with van der Waals surface area (Å²) >= 11 is 11.8. The van der Waals surface area contributed by atoms with Gasteiger partial charge in [0.05, 0.1) is 16.1 Å². The van der Waals surface area contributed by atoms with Crippen LogP contribution in [0.2, 0.25) is 10.0 Å². The number of halogens is 2. The van der Waals surface area contributed by atoms with E-state index in [9.17, 15) is 8.42 Å². The lowest BCUT2D eigenvalue weighted by Crippen LogP contribution is -2.14. The third kappa shape index (κ3) is 4.02. The summed E-state index contributed by atoms with van der Waals surface area (Å²) < 4.78 is 28.1. The fraction of sp³-hybridized carbons (Fsp3) is 0.455. The minimum absolute atomic E-state index is 0.000554. The van der Waals surface area contributed by atoms with Gasteiger partial charge in [-0.2, -0.15) is 0 Å². The van der Waals surface area contributed by atoms with Crippen LogP contribution in [-0.4, -0.2) is 14.5 Å². The molecule has 2 N–H and O–H groups in total. The first-order valence-electron chi connectivity index (χ1n) is 5.44. The van der Waals surface area contributed by atoms with Crippen molar-refractivity contribution in [1.29, 1.82) is 0 Å². The molecule has 0 saturated heterocycles. The van der Waals surface area contributed by atoms with Crippen molar-refractivity contribution >= 4 is 33.2 Å². The summed E-state index contributed by atoms with van der Waals surface area (Å²) in [6, 6.07) is 2.57. The first-order chi connectivity index (χ1) is 8.25. The molecule has 1 aromatic carbocycles. The Balaban J connectivity index is 3.08. The molecule has 7 heteroatoms. The van der Waals surface area contributed by atoms with Gasteiger partial charge in [-0.1, -0.05) is 36.5 Å². The zero-order valence-electron chi connectivity index (χ0n) is 10.1. The Morgan fingerprint density at radius 2 is 1.94 bits per heavy atom. The van der Waals surface area contributed by atoms with E-state index in [0.29, 0.717) is 5.75 Å². The number of primary sulfonamides is 1. The molecular formula is C11H15Cl2NO3S. The maximum atomic E-state index is 11.2. The highest BCUT2D eigenvalue weighted by molar-refractivity contribution is 7.89. The summed E-state index contributed by atoms with van der Waals surface area (Å²) in [7, 11) is -3.88. The van der Waals surface area contributed by atoms with Gasteiger partial charge in [-0.05, 0) is 19.4 Å². The van der Waals surface area contributed by atoms with Crippen molar-refractivity contribution in [2.75, 3.05) is 0 Å². The van der Waals surface area contributed by atoms with Crippen LogP contribution in [0.1, 0.15) is 26.7 Å². The lowest BCUT2D eigenvalue weighted by atomic mass is 10.2. The van der Waals surface area contributed by atoms with Crippen LogP contribution in [0.3, 0.4) is 0 Å². The predicted octanol–water partition coefficient (Wildman–Crippen LogP) is 3.21. The molecule has 0 amide bonds. The van der Waals surface area contributed by atoms with Crippen LogP contribution in [-0.2, 0) is 10.0 Å². The molecule has 0 aliphatic rings. The van der Waals surface area contributed by atoms with E-state index in [1.165, 1.54) is 12.1 Å². The Bertz CT molecular complexity index is 531. The molecule has 18 heavy (non-hydrogen) atoms. The lowest BCUT2D eigenvalue weighted by Gasteiger charge is -2.16. The van der Waals surface area contributed by atoms with Gasteiger partial charge in [0.25, 0.3) is 0 Å². The smallest absolute Gasteiger partial charge is 0.239 e. The SMILES string of the molecule is CCCC(C)Oc1cc(Cl)c(S(N)(=O)=O)cc1Cl. The molecule has 0 bridgehead atoms. The molecule has 0 aliphatic carbocycles. The Hall–Kier alpha value is -0.490. The van der Waals surface area contributed by atoms with Gasteiger partial charge in [0.1, 0.15) is 10.6 Å². The van der Waals surface area contributed by atoms with E-state index in [1.54, 1.807) is 0 Å². The van der Waals surface area contributed by atoms with Crippen LogP contribution in [0.5, 0.6) is 5.75 Å². The minimum Gasteiger partial charge on any atom is -0.489 e. The molecule has 0 saturated carbocycles. The van der Waals surface area contributed by atoms with Crippen molar-refractivity contribution < 1.29 is 13.2 Å². The standard InChI is InChI=1S/C11H15Cl2NO3S/c1-3-4-7(2)17-10-5-9(13)11(6-8(10)12)18(14,15)16/h5-7H,3-4H2,1-2H3,(H2,14,15,16). The quantitative estimate of drug-likeness (QED) is 0.907. The van der Waals surface area contributed by atoms with Crippen LogP contribution in [0.4, 0.5) is 0 Å². The summed E-state index contributed by atoms with van der Waals surface area (Å²) in [6.45, 7) is 3.94. The molecule has 0 fully saturated rings. The van der Waals surface area contributed by atoms with Gasteiger partial charge in [-0.25, -0.2) is 13.6 Å². The molecule has 4 nitrogen and oxygen atoms in total. The molecule has 0 heterocycles. The van der Waals surface area contributed by atoms with Crippen LogP contribution >= 0.6 is 23.2 Å². The number of hydrogen-bond donors (Lipinski definition) is 1. The number of nitrogens with two attached hydrogens (primary N) is 1. The van der Waals surface area contributed by atoms with E-state index in [4.69, 9.17) is 33.1 Å². The van der Waals surface area contributed by atoms with Crippen molar-refractivity contribution in [3.63, 3.8) is 0 Å². The summed E-state index contributed by atoms with van der Waals surface area (Å²) in [5.74, 6) is 0.356.